The molecule has 0 aromatic heterocycles. The first-order valence-electron chi connectivity index (χ1n) is 11.4. The molecule has 9 heteroatoms. The molecule has 3 N–H and O–H groups in total. The summed E-state index contributed by atoms with van der Waals surface area (Å²) in [7, 11) is 1.35. The summed E-state index contributed by atoms with van der Waals surface area (Å²) < 4.78 is 49.9. The van der Waals surface area contributed by atoms with Crippen LogP contribution in [0, 0.1) is 17.7 Å². The monoisotopic (exact) mass is 464 g/mol. The van der Waals surface area contributed by atoms with E-state index in [0.29, 0.717) is 31.2 Å². The summed E-state index contributed by atoms with van der Waals surface area (Å²) >= 11 is 0. The summed E-state index contributed by atoms with van der Waals surface area (Å²) in [6.07, 6.45) is 1.08. The average molecular weight is 464 g/mol. The van der Waals surface area contributed by atoms with Crippen molar-refractivity contribution in [1.29, 1.82) is 0 Å². The summed E-state index contributed by atoms with van der Waals surface area (Å²) in [6, 6.07) is 1.03. The molecule has 3 aliphatic carbocycles. The molecule has 3 fully saturated rings. The Labute approximate surface area is 189 Å². The van der Waals surface area contributed by atoms with Crippen molar-refractivity contribution in [3.8, 4) is 5.75 Å². The molecule has 6 atom stereocenters. The van der Waals surface area contributed by atoms with Crippen LogP contribution < -0.4 is 15.4 Å². The van der Waals surface area contributed by atoms with Gasteiger partial charge in [0, 0.05) is 35.7 Å². The van der Waals surface area contributed by atoms with E-state index < -0.39 is 52.9 Å². The van der Waals surface area contributed by atoms with Gasteiger partial charge < -0.3 is 20.5 Å². The van der Waals surface area contributed by atoms with Crippen LogP contribution in [0.3, 0.4) is 0 Å². The van der Waals surface area contributed by atoms with E-state index >= 15 is 4.39 Å². The predicted octanol–water partition coefficient (Wildman–Crippen LogP) is 3.53. The fourth-order valence-electron chi connectivity index (χ4n) is 6.16. The molecule has 1 aliphatic heterocycles. The number of rotatable bonds is 4. The summed E-state index contributed by atoms with van der Waals surface area (Å²) in [5.74, 6) is -4.11. The molecule has 1 aromatic carbocycles. The van der Waals surface area contributed by atoms with E-state index in [1.54, 1.807) is 4.90 Å². The molecule has 0 bridgehead atoms. The van der Waals surface area contributed by atoms with Crippen molar-refractivity contribution < 1.29 is 32.6 Å². The van der Waals surface area contributed by atoms with Crippen molar-refractivity contribution in [2.24, 2.45) is 17.6 Å². The fourth-order valence-corrected chi connectivity index (χ4v) is 6.16. The maximum Gasteiger partial charge on any atom is 0.339 e. The lowest BCUT2D eigenvalue weighted by Crippen LogP contribution is -2.45. The SMILES string of the molecule is COc1c2c(cc(F)c1N1C[C@H]3[C@@H](F)CC[C@@]3(N)C1)C(=O)C(C(=O)O)=CCC[C@@H]2C1C[C@@H]1F. The molecule has 2 saturated carbocycles. The highest BCUT2D eigenvalue weighted by molar-refractivity contribution is 6.24. The number of nitrogens with zero attached hydrogens (tertiary/aromatic N) is 1. The molecular weight excluding hydrogens is 437 g/mol. The number of halogens is 3. The van der Waals surface area contributed by atoms with Gasteiger partial charge in [-0.15, -0.1) is 0 Å². The van der Waals surface area contributed by atoms with E-state index in [2.05, 4.69) is 0 Å². The molecule has 6 nitrogen and oxygen atoms in total. The smallest absolute Gasteiger partial charge is 0.339 e. The van der Waals surface area contributed by atoms with Crippen LogP contribution in [0.25, 0.3) is 0 Å². The largest absolute Gasteiger partial charge is 0.494 e. The fraction of sp³-hybridized carbons (Fsp3) is 0.583. The lowest BCUT2D eigenvalue weighted by atomic mass is 9.80. The van der Waals surface area contributed by atoms with Crippen molar-refractivity contribution >= 4 is 17.4 Å². The second kappa shape index (κ2) is 7.75. The first-order valence-corrected chi connectivity index (χ1v) is 11.4. The third-order valence-corrected chi connectivity index (χ3v) is 7.92. The zero-order chi connectivity index (χ0) is 23.7. The van der Waals surface area contributed by atoms with Gasteiger partial charge >= 0.3 is 5.97 Å². The molecule has 33 heavy (non-hydrogen) atoms. The summed E-state index contributed by atoms with van der Waals surface area (Å²) in [5.41, 5.74) is 5.55. The van der Waals surface area contributed by atoms with Crippen molar-refractivity contribution in [3.05, 3.63) is 34.7 Å². The van der Waals surface area contributed by atoms with Crippen molar-refractivity contribution in [2.45, 2.75) is 55.9 Å². The number of alkyl halides is 2. The first kappa shape index (κ1) is 22.3. The Balaban J connectivity index is 1.66. The summed E-state index contributed by atoms with van der Waals surface area (Å²) in [4.78, 5) is 26.5. The number of carbonyl (C=O) groups is 2. The first-order chi connectivity index (χ1) is 15.7. The number of allylic oxidation sites excluding steroid dienone is 1. The van der Waals surface area contributed by atoms with Crippen LogP contribution in [0.1, 0.15) is 53.9 Å². The third kappa shape index (κ3) is 3.43. The zero-order valence-electron chi connectivity index (χ0n) is 18.3. The van der Waals surface area contributed by atoms with Crippen LogP contribution in [0.5, 0.6) is 5.75 Å². The number of ketones is 1. The molecule has 1 saturated heterocycles. The second-order valence-corrected chi connectivity index (χ2v) is 9.83. The molecule has 178 valence electrons. The highest BCUT2D eigenvalue weighted by Crippen LogP contribution is 2.54. The molecule has 4 aliphatic rings. The number of hydrogen-bond acceptors (Lipinski definition) is 5. The second-order valence-electron chi connectivity index (χ2n) is 9.83. The van der Waals surface area contributed by atoms with Crippen LogP contribution >= 0.6 is 0 Å². The molecule has 0 amide bonds. The van der Waals surface area contributed by atoms with Gasteiger partial charge in [0.1, 0.15) is 29.4 Å². The van der Waals surface area contributed by atoms with Crippen LogP contribution in [-0.2, 0) is 4.79 Å². The van der Waals surface area contributed by atoms with Crippen molar-refractivity contribution in [1.82, 2.24) is 0 Å². The van der Waals surface area contributed by atoms with Gasteiger partial charge in [-0.05, 0) is 50.0 Å². The number of carboxylic acid groups (broad SMARTS) is 1. The van der Waals surface area contributed by atoms with E-state index in [0.717, 1.165) is 6.07 Å². The number of aliphatic carboxylic acids is 1. The minimum Gasteiger partial charge on any atom is -0.494 e. The van der Waals surface area contributed by atoms with Gasteiger partial charge in [-0.1, -0.05) is 6.08 Å². The number of carboxylic acids is 1. The summed E-state index contributed by atoms with van der Waals surface area (Å²) in [6.45, 7) is 0.440. The number of anilines is 1. The highest BCUT2D eigenvalue weighted by Gasteiger charge is 2.54. The van der Waals surface area contributed by atoms with E-state index in [4.69, 9.17) is 10.5 Å². The summed E-state index contributed by atoms with van der Waals surface area (Å²) in [5, 5.41) is 9.52. The molecule has 1 aromatic rings. The molecular formula is C24H27F3N2O4. The Morgan fingerprint density at radius 1 is 1.30 bits per heavy atom. The van der Waals surface area contributed by atoms with Gasteiger partial charge in [0.05, 0.1) is 7.11 Å². The molecule has 5 rings (SSSR count). The minimum absolute atomic E-state index is 0.0814. The lowest BCUT2D eigenvalue weighted by Gasteiger charge is -2.30. The standard InChI is InChI=1S/C24H27F3N2O4/c1-33-22-19-11(13-7-17(13)26)3-2-4-12(23(31)32)21(30)14(19)8-18(27)20(22)29-9-15-16(25)5-6-24(15,28)10-29/h4,8,11,13,15-17H,2-3,5-7,9-10,28H2,1H3,(H,31,32)/t11-,13?,15+,16+,17+,24-/m1/s1. The van der Waals surface area contributed by atoms with E-state index in [9.17, 15) is 23.5 Å². The quantitative estimate of drug-likeness (QED) is 0.663. The lowest BCUT2D eigenvalue weighted by molar-refractivity contribution is -0.132. The third-order valence-electron chi connectivity index (χ3n) is 7.92. The number of carbonyl (C=O) groups excluding carboxylic acids is 1. The number of Topliss-reactive ketones (excluding diaryl/α,β-unsaturated/α-hetero) is 1. The Kier molecular flexibility index (Phi) is 5.23. The Morgan fingerprint density at radius 2 is 2.03 bits per heavy atom. The molecule has 1 heterocycles. The number of methoxy groups -OCH3 is 1. The Bertz CT molecular complexity index is 1060. The van der Waals surface area contributed by atoms with Gasteiger partial charge in [-0.3, -0.25) is 4.79 Å². The maximum absolute atomic E-state index is 15.6. The van der Waals surface area contributed by atoms with Gasteiger partial charge in [-0.25, -0.2) is 18.0 Å². The molecule has 0 spiro atoms. The number of hydrogen-bond donors (Lipinski definition) is 2. The maximum atomic E-state index is 15.6. The number of ether oxygens (including phenoxy) is 1. The van der Waals surface area contributed by atoms with Crippen molar-refractivity contribution in [2.75, 3.05) is 25.1 Å². The Hall–Kier alpha value is -2.55. The van der Waals surface area contributed by atoms with Crippen LogP contribution in [0.4, 0.5) is 18.9 Å². The van der Waals surface area contributed by atoms with E-state index in [1.165, 1.54) is 13.2 Å². The number of fused-ring (bicyclic) bond motifs is 2. The van der Waals surface area contributed by atoms with Crippen LogP contribution in [0.2, 0.25) is 0 Å². The van der Waals surface area contributed by atoms with Gasteiger partial charge in [0.2, 0.25) is 5.78 Å². The molecule has 1 unspecified atom stereocenters. The van der Waals surface area contributed by atoms with Gasteiger partial charge in [0.25, 0.3) is 0 Å². The average Bonchev–Trinajstić information content (AvgIpc) is 3.27. The van der Waals surface area contributed by atoms with Crippen LogP contribution in [-0.4, -0.2) is 54.9 Å². The topological polar surface area (TPSA) is 92.9 Å². The number of benzene rings is 1. The highest BCUT2D eigenvalue weighted by atomic mass is 19.1. The van der Waals surface area contributed by atoms with Crippen molar-refractivity contribution in [3.63, 3.8) is 0 Å². The van der Waals surface area contributed by atoms with Crippen LogP contribution in [0.15, 0.2) is 17.7 Å². The zero-order valence-corrected chi connectivity index (χ0v) is 18.3. The van der Waals surface area contributed by atoms with E-state index in [-0.39, 0.29) is 42.4 Å². The Morgan fingerprint density at radius 3 is 2.64 bits per heavy atom. The number of nitrogens with two attached hydrogens (primary N) is 1. The van der Waals surface area contributed by atoms with E-state index in [1.807, 2.05) is 0 Å². The normalized spacial score (nSPS) is 35.4. The van der Waals surface area contributed by atoms with Gasteiger partial charge in [-0.2, -0.15) is 0 Å². The van der Waals surface area contributed by atoms with Gasteiger partial charge in [0.15, 0.2) is 5.82 Å². The molecule has 0 radical (unpaired) electrons. The minimum atomic E-state index is -1.39. The predicted molar refractivity (Wildman–Crippen MR) is 115 cm³/mol.